The summed E-state index contributed by atoms with van der Waals surface area (Å²) in [6, 6.07) is 19.4. The highest BCUT2D eigenvalue weighted by atomic mass is 32.1. The highest BCUT2D eigenvalue weighted by molar-refractivity contribution is 7.15. The van der Waals surface area contributed by atoms with Crippen LogP contribution in [-0.4, -0.2) is 45.3 Å². The lowest BCUT2D eigenvalue weighted by Gasteiger charge is -2.47. The summed E-state index contributed by atoms with van der Waals surface area (Å²) in [6.45, 7) is 5.08. The number of aryl methyl sites for hydroxylation is 1. The fourth-order valence-corrected chi connectivity index (χ4v) is 6.12. The van der Waals surface area contributed by atoms with Crippen LogP contribution in [0.25, 0.3) is 21.3 Å². The zero-order valence-electron chi connectivity index (χ0n) is 20.7. The molecule has 6 nitrogen and oxygen atoms in total. The van der Waals surface area contributed by atoms with Gasteiger partial charge in [-0.25, -0.2) is 4.98 Å². The molecule has 1 aliphatic heterocycles. The number of nitrogens with zero attached hydrogens (tertiary/aromatic N) is 3. The molecular formula is C29H30N4O2S. The van der Waals surface area contributed by atoms with Crippen molar-refractivity contribution >= 4 is 34.1 Å². The maximum Gasteiger partial charge on any atom is 0.274 e. The molecular weight excluding hydrogens is 468 g/mol. The summed E-state index contributed by atoms with van der Waals surface area (Å²) in [4.78, 5) is 39.3. The number of nitrogens with one attached hydrogen (secondary N) is 1. The van der Waals surface area contributed by atoms with Gasteiger partial charge in [0.2, 0.25) is 0 Å². The first-order valence-corrected chi connectivity index (χ1v) is 13.3. The molecule has 0 saturated carbocycles. The van der Waals surface area contributed by atoms with E-state index >= 15 is 0 Å². The summed E-state index contributed by atoms with van der Waals surface area (Å²) in [5.41, 5.74) is 2.28. The summed E-state index contributed by atoms with van der Waals surface area (Å²) in [7, 11) is 0. The van der Waals surface area contributed by atoms with Gasteiger partial charge in [0, 0.05) is 24.7 Å². The quantitative estimate of drug-likeness (QED) is 0.361. The molecule has 7 heteroatoms. The van der Waals surface area contributed by atoms with Gasteiger partial charge in [0.1, 0.15) is 5.69 Å². The van der Waals surface area contributed by atoms with Crippen LogP contribution < -0.4 is 5.32 Å². The van der Waals surface area contributed by atoms with Gasteiger partial charge < -0.3 is 10.2 Å². The number of para-hydroxylation sites is 1. The third-order valence-corrected chi connectivity index (χ3v) is 8.20. The Kier molecular flexibility index (Phi) is 6.83. The zero-order valence-corrected chi connectivity index (χ0v) is 21.5. The van der Waals surface area contributed by atoms with Crippen molar-refractivity contribution in [2.75, 3.05) is 13.1 Å². The summed E-state index contributed by atoms with van der Waals surface area (Å²) >= 11 is 1.55. The number of thiazole rings is 1. The van der Waals surface area contributed by atoms with E-state index in [0.717, 1.165) is 46.5 Å². The lowest BCUT2D eigenvalue weighted by molar-refractivity contribution is 0.0285. The van der Waals surface area contributed by atoms with Crippen molar-refractivity contribution in [1.82, 2.24) is 20.2 Å². The van der Waals surface area contributed by atoms with Crippen molar-refractivity contribution in [2.24, 2.45) is 0 Å². The number of carbonyl (C=O) groups is 2. The molecule has 0 aliphatic carbocycles. The highest BCUT2D eigenvalue weighted by Gasteiger charge is 2.42. The van der Waals surface area contributed by atoms with Crippen molar-refractivity contribution in [3.05, 3.63) is 83.1 Å². The second-order valence-electron chi connectivity index (χ2n) is 9.33. The molecule has 1 aliphatic rings. The summed E-state index contributed by atoms with van der Waals surface area (Å²) in [5.74, 6) is -0.222. The minimum Gasteiger partial charge on any atom is -0.350 e. The van der Waals surface area contributed by atoms with Crippen LogP contribution in [0.1, 0.15) is 58.5 Å². The molecule has 1 N–H and O–H groups in total. The van der Waals surface area contributed by atoms with Crippen LogP contribution in [-0.2, 0) is 0 Å². The molecule has 5 rings (SSSR count). The van der Waals surface area contributed by atoms with Crippen molar-refractivity contribution in [3.8, 4) is 10.4 Å². The first kappa shape index (κ1) is 24.1. The molecule has 2 aromatic carbocycles. The number of likely N-dealkylation sites (tertiary alicyclic amines) is 1. The van der Waals surface area contributed by atoms with Gasteiger partial charge in [-0.2, -0.15) is 0 Å². The van der Waals surface area contributed by atoms with Gasteiger partial charge >= 0.3 is 0 Å². The molecule has 1 fully saturated rings. The average molecular weight is 499 g/mol. The molecule has 3 heterocycles. The SMILES string of the molecule is CCC1(CNC(=O)c2cccc3cccnc23)CCCCN1C(=O)c1nc(C)sc1-c1ccccc1. The minimum atomic E-state index is -0.464. The van der Waals surface area contributed by atoms with Crippen LogP contribution >= 0.6 is 11.3 Å². The number of amides is 2. The third-order valence-electron chi connectivity index (χ3n) is 7.18. The molecule has 36 heavy (non-hydrogen) atoms. The van der Waals surface area contributed by atoms with Crippen molar-refractivity contribution < 1.29 is 9.59 Å². The summed E-state index contributed by atoms with van der Waals surface area (Å²) < 4.78 is 0. The van der Waals surface area contributed by atoms with E-state index in [1.54, 1.807) is 23.6 Å². The molecule has 2 amide bonds. The Morgan fingerprint density at radius 2 is 1.86 bits per heavy atom. The Balaban J connectivity index is 1.43. The number of benzene rings is 2. The monoisotopic (exact) mass is 498 g/mol. The molecule has 2 aromatic heterocycles. The van der Waals surface area contributed by atoms with E-state index in [-0.39, 0.29) is 11.8 Å². The van der Waals surface area contributed by atoms with Crippen LogP contribution in [0, 0.1) is 6.92 Å². The van der Waals surface area contributed by atoms with E-state index in [1.165, 1.54) is 0 Å². The number of pyridine rings is 1. The number of fused-ring (bicyclic) bond motifs is 1. The van der Waals surface area contributed by atoms with E-state index in [4.69, 9.17) is 0 Å². The predicted octanol–water partition coefficient (Wildman–Crippen LogP) is 5.87. The normalized spacial score (nSPS) is 17.8. The molecule has 0 spiro atoms. The fourth-order valence-electron chi connectivity index (χ4n) is 5.20. The lowest BCUT2D eigenvalue weighted by atomic mass is 9.83. The minimum absolute atomic E-state index is 0.0548. The Hall–Kier alpha value is -3.58. The van der Waals surface area contributed by atoms with Crippen molar-refractivity contribution in [3.63, 3.8) is 0 Å². The van der Waals surface area contributed by atoms with Gasteiger partial charge in [-0.05, 0) is 50.3 Å². The van der Waals surface area contributed by atoms with Crippen molar-refractivity contribution in [2.45, 2.75) is 45.1 Å². The highest BCUT2D eigenvalue weighted by Crippen LogP contribution is 2.36. The van der Waals surface area contributed by atoms with Crippen LogP contribution in [0.4, 0.5) is 0 Å². The van der Waals surface area contributed by atoms with Crippen LogP contribution in [0.15, 0.2) is 66.9 Å². The molecule has 4 aromatic rings. The molecule has 1 unspecified atom stereocenters. The second-order valence-corrected chi connectivity index (χ2v) is 10.5. The molecule has 184 valence electrons. The van der Waals surface area contributed by atoms with Gasteiger partial charge in [0.15, 0.2) is 0 Å². The summed E-state index contributed by atoms with van der Waals surface area (Å²) in [6.07, 6.45) is 5.25. The topological polar surface area (TPSA) is 75.2 Å². The van der Waals surface area contributed by atoms with Crippen LogP contribution in [0.3, 0.4) is 0 Å². The largest absolute Gasteiger partial charge is 0.350 e. The Bertz CT molecular complexity index is 1400. The van der Waals surface area contributed by atoms with Gasteiger partial charge in [-0.15, -0.1) is 11.3 Å². The Morgan fingerprint density at radius 1 is 1.06 bits per heavy atom. The predicted molar refractivity (Wildman–Crippen MR) is 144 cm³/mol. The molecule has 0 radical (unpaired) electrons. The molecule has 1 atom stereocenters. The number of piperidine rings is 1. The van der Waals surface area contributed by atoms with E-state index in [1.807, 2.05) is 66.4 Å². The molecule has 0 bridgehead atoms. The Labute approximate surface area is 215 Å². The first-order chi connectivity index (χ1) is 17.5. The van der Waals surface area contributed by atoms with Gasteiger partial charge in [0.05, 0.1) is 26.5 Å². The second kappa shape index (κ2) is 10.2. The van der Waals surface area contributed by atoms with Crippen LogP contribution in [0.2, 0.25) is 0 Å². The van der Waals surface area contributed by atoms with Crippen molar-refractivity contribution in [1.29, 1.82) is 0 Å². The number of hydrogen-bond acceptors (Lipinski definition) is 5. The van der Waals surface area contributed by atoms with E-state index in [9.17, 15) is 9.59 Å². The third kappa shape index (κ3) is 4.51. The average Bonchev–Trinajstić information content (AvgIpc) is 3.33. The zero-order chi connectivity index (χ0) is 25.1. The number of hydrogen-bond donors (Lipinski definition) is 1. The number of aromatic nitrogens is 2. The van der Waals surface area contributed by atoms with Gasteiger partial charge in [-0.1, -0.05) is 55.5 Å². The smallest absolute Gasteiger partial charge is 0.274 e. The summed E-state index contributed by atoms with van der Waals surface area (Å²) in [5, 5.41) is 4.95. The first-order valence-electron chi connectivity index (χ1n) is 12.5. The molecule has 1 saturated heterocycles. The maximum atomic E-state index is 14.0. The van der Waals surface area contributed by atoms with E-state index in [0.29, 0.717) is 29.9 Å². The fraction of sp³-hybridized carbons (Fsp3) is 0.310. The number of rotatable bonds is 6. The lowest BCUT2D eigenvalue weighted by Crippen LogP contribution is -2.59. The maximum absolute atomic E-state index is 14.0. The van der Waals surface area contributed by atoms with Gasteiger partial charge in [0.25, 0.3) is 11.8 Å². The van der Waals surface area contributed by atoms with Crippen LogP contribution in [0.5, 0.6) is 0 Å². The van der Waals surface area contributed by atoms with E-state index in [2.05, 4.69) is 22.2 Å². The Morgan fingerprint density at radius 3 is 2.67 bits per heavy atom. The van der Waals surface area contributed by atoms with Gasteiger partial charge in [-0.3, -0.25) is 14.6 Å². The number of carbonyl (C=O) groups excluding carboxylic acids is 2. The standard InChI is InChI=1S/C29H30N4O2S/c1-3-29(19-31-27(34)23-15-9-13-21-14-10-17-30-24(21)23)16-7-8-18-33(29)28(35)25-26(36-20(2)32-25)22-11-5-4-6-12-22/h4-6,9-15,17H,3,7-8,16,18-19H2,1-2H3,(H,31,34). The van der Waals surface area contributed by atoms with E-state index < -0.39 is 5.54 Å².